The van der Waals surface area contributed by atoms with E-state index in [-0.39, 0.29) is 66.1 Å². The summed E-state index contributed by atoms with van der Waals surface area (Å²) in [4.78, 5) is 70.9. The number of hydrogen-bond donors (Lipinski definition) is 4. The van der Waals surface area contributed by atoms with Crippen LogP contribution in [-0.4, -0.2) is 154 Å². The van der Waals surface area contributed by atoms with E-state index in [9.17, 15) is 28.6 Å². The fraction of sp³-hybridized carbons (Fsp3) is 0.767. The van der Waals surface area contributed by atoms with Crippen molar-refractivity contribution in [3.63, 3.8) is 0 Å². The van der Waals surface area contributed by atoms with Gasteiger partial charge in [-0.2, -0.15) is 0 Å². The van der Waals surface area contributed by atoms with Crippen LogP contribution in [0.2, 0.25) is 0 Å². The van der Waals surface area contributed by atoms with Crippen molar-refractivity contribution in [3.05, 3.63) is 29.8 Å². The Bertz CT molecular complexity index is 1590. The second kappa shape index (κ2) is 24.6. The lowest BCUT2D eigenvalue weighted by Gasteiger charge is -2.41. The number of carbonyl (C=O) groups excluding carboxylic acids is 4. The molecule has 2 heterocycles. The van der Waals surface area contributed by atoms with Gasteiger partial charge in [-0.1, -0.05) is 67.0 Å². The zero-order valence-corrected chi connectivity index (χ0v) is 39.4. The fourth-order valence-electron chi connectivity index (χ4n) is 8.53. The number of phosphoric ester groups is 1. The van der Waals surface area contributed by atoms with Crippen LogP contribution >= 0.6 is 7.82 Å². The first kappa shape index (κ1) is 52.2. The Balaban J connectivity index is 1.63. The summed E-state index contributed by atoms with van der Waals surface area (Å²) in [5, 5.41) is 9.04. The number of likely N-dealkylation sites (tertiary alicyclic amines) is 1. The highest BCUT2D eigenvalue weighted by molar-refractivity contribution is 7.47. The standard InChI is InChI=1S/C43H75N6O11P/c1-13-29(6)39(48(10)43(53)37(27(2)3)46-42(52)38(28(4)5)47(8)9)34(56-11)25-35(50)49-23-14-15-33(49)40(57-12)30(7)41(51)45-21-20-31-16-18-32(19-17-31)59-61(54,55)60-36-26-44-22-24-58-36/h16-19,27-30,33-34,36-40,44H,13-15,20-26H2,1-12H3,(H,45,51)(H,46,52)(H,54,55)/t29-,30+,33-,34+,36?,37-,38-,39-,40+/m0/s1. The van der Waals surface area contributed by atoms with E-state index in [1.807, 2.05) is 60.5 Å². The number of amides is 4. The molecule has 3 rings (SSSR count). The Morgan fingerprint density at radius 1 is 1.00 bits per heavy atom. The summed E-state index contributed by atoms with van der Waals surface area (Å²) < 4.78 is 40.0. The predicted molar refractivity (Wildman–Crippen MR) is 233 cm³/mol. The topological polar surface area (TPSA) is 198 Å². The SMILES string of the molecule is CC[C@H](C)[C@@H]([C@@H](CC(=O)N1CCC[C@H]1[C@H](OC)[C@@H](C)C(=O)NCCc1ccc(OP(=O)(O)OC2CNCCO2)cc1)OC)N(C)C(=O)[C@@H](NC(=O)[C@H](C(C)C)N(C)C)C(C)C. The third kappa shape index (κ3) is 15.0. The number of rotatable bonds is 24. The normalized spacial score (nSPS) is 21.5. The Hall–Kier alpha value is -3.15. The van der Waals surface area contributed by atoms with Gasteiger partial charge in [-0.15, -0.1) is 0 Å². The van der Waals surface area contributed by atoms with E-state index in [1.54, 1.807) is 62.3 Å². The monoisotopic (exact) mass is 883 g/mol. The number of carbonyl (C=O) groups is 4. The molecule has 10 atom stereocenters. The summed E-state index contributed by atoms with van der Waals surface area (Å²) in [6.07, 6.45) is 0.558. The largest absolute Gasteiger partial charge is 0.529 e. The molecular formula is C43H75N6O11P. The van der Waals surface area contributed by atoms with Crippen molar-refractivity contribution in [2.45, 2.75) is 123 Å². The van der Waals surface area contributed by atoms with E-state index < -0.39 is 50.4 Å². The molecule has 61 heavy (non-hydrogen) atoms. The summed E-state index contributed by atoms with van der Waals surface area (Å²) in [7, 11) is 4.13. The van der Waals surface area contributed by atoms with E-state index in [4.69, 9.17) is 23.3 Å². The van der Waals surface area contributed by atoms with Crippen LogP contribution < -0.4 is 20.5 Å². The van der Waals surface area contributed by atoms with Gasteiger partial charge in [-0.05, 0) is 68.8 Å². The predicted octanol–water partition coefficient (Wildman–Crippen LogP) is 3.43. The van der Waals surface area contributed by atoms with E-state index in [2.05, 4.69) is 16.0 Å². The van der Waals surface area contributed by atoms with Crippen LogP contribution in [0, 0.1) is 23.7 Å². The van der Waals surface area contributed by atoms with Gasteiger partial charge in [0.1, 0.15) is 11.8 Å². The Morgan fingerprint density at radius 3 is 2.21 bits per heavy atom. The highest BCUT2D eigenvalue weighted by Crippen LogP contribution is 2.45. The molecule has 17 nitrogen and oxygen atoms in total. The summed E-state index contributed by atoms with van der Waals surface area (Å²) >= 11 is 0. The highest BCUT2D eigenvalue weighted by Gasteiger charge is 2.43. The molecule has 18 heteroatoms. The zero-order valence-electron chi connectivity index (χ0n) is 38.5. The average Bonchev–Trinajstić information content (AvgIpc) is 3.69. The molecular weight excluding hydrogens is 807 g/mol. The Kier molecular flexibility index (Phi) is 21.1. The molecule has 1 aromatic rings. The zero-order chi connectivity index (χ0) is 45.6. The highest BCUT2D eigenvalue weighted by atomic mass is 31.2. The van der Waals surface area contributed by atoms with Gasteiger partial charge >= 0.3 is 7.82 Å². The summed E-state index contributed by atoms with van der Waals surface area (Å²) in [6, 6.07) is 4.62. The molecule has 2 aliphatic heterocycles. The Morgan fingerprint density at radius 2 is 1.67 bits per heavy atom. The molecule has 2 fully saturated rings. The second-order valence-electron chi connectivity index (χ2n) is 17.3. The van der Waals surface area contributed by atoms with Crippen LogP contribution in [0.3, 0.4) is 0 Å². The van der Waals surface area contributed by atoms with E-state index in [0.717, 1.165) is 18.4 Å². The number of likely N-dealkylation sites (N-methyl/N-ethyl adjacent to an activating group) is 2. The van der Waals surface area contributed by atoms with Gasteiger partial charge < -0.3 is 44.5 Å². The van der Waals surface area contributed by atoms with Crippen LogP contribution in [0.4, 0.5) is 0 Å². The number of morpholine rings is 1. The van der Waals surface area contributed by atoms with E-state index in [0.29, 0.717) is 39.1 Å². The molecule has 348 valence electrons. The summed E-state index contributed by atoms with van der Waals surface area (Å²) in [6.45, 7) is 15.7. The summed E-state index contributed by atoms with van der Waals surface area (Å²) in [5.41, 5.74) is 0.869. The van der Waals surface area contributed by atoms with Crippen LogP contribution in [0.1, 0.15) is 79.7 Å². The molecule has 0 aromatic heterocycles. The second-order valence-corrected chi connectivity index (χ2v) is 18.7. The maximum Gasteiger partial charge on any atom is 0.529 e. The number of nitrogens with one attached hydrogen (secondary N) is 3. The first-order valence-corrected chi connectivity index (χ1v) is 23.2. The molecule has 4 N–H and O–H groups in total. The van der Waals surface area contributed by atoms with Crippen LogP contribution in [-0.2, 0) is 48.9 Å². The lowest BCUT2D eigenvalue weighted by molar-refractivity contribution is -0.148. The van der Waals surface area contributed by atoms with E-state index in [1.165, 1.54) is 0 Å². The van der Waals surface area contributed by atoms with Crippen molar-refractivity contribution in [2.24, 2.45) is 23.7 Å². The first-order valence-electron chi connectivity index (χ1n) is 21.7. The van der Waals surface area contributed by atoms with Gasteiger partial charge in [0, 0.05) is 47.4 Å². The van der Waals surface area contributed by atoms with Gasteiger partial charge in [-0.25, -0.2) is 9.09 Å². The molecule has 0 aliphatic carbocycles. The molecule has 0 saturated carbocycles. The molecule has 1 aromatic carbocycles. The maximum atomic E-state index is 14.3. The van der Waals surface area contributed by atoms with Crippen molar-refractivity contribution in [2.75, 3.05) is 68.1 Å². The van der Waals surface area contributed by atoms with Crippen LogP contribution in [0.25, 0.3) is 0 Å². The minimum absolute atomic E-state index is 0.0184. The molecule has 4 amide bonds. The maximum absolute atomic E-state index is 14.3. The average molecular weight is 883 g/mol. The fourth-order valence-corrected chi connectivity index (χ4v) is 9.40. The number of methoxy groups -OCH3 is 2. The molecule has 0 bridgehead atoms. The van der Waals surface area contributed by atoms with Crippen molar-refractivity contribution < 1.29 is 51.9 Å². The smallest absolute Gasteiger partial charge is 0.404 e. The molecule has 0 spiro atoms. The minimum atomic E-state index is -4.41. The van der Waals surface area contributed by atoms with E-state index >= 15 is 0 Å². The molecule has 2 saturated heterocycles. The number of ether oxygens (including phenoxy) is 3. The number of phosphoric acid groups is 1. The van der Waals surface area contributed by atoms with Gasteiger partial charge in [0.05, 0.1) is 49.3 Å². The van der Waals surface area contributed by atoms with Gasteiger partial charge in [0.25, 0.3) is 0 Å². The lowest BCUT2D eigenvalue weighted by Crippen LogP contribution is -2.59. The molecule has 2 unspecified atom stereocenters. The number of benzene rings is 1. The van der Waals surface area contributed by atoms with Crippen molar-refractivity contribution in [1.82, 2.24) is 30.7 Å². The van der Waals surface area contributed by atoms with Crippen LogP contribution in [0.15, 0.2) is 24.3 Å². The minimum Gasteiger partial charge on any atom is -0.404 e. The molecule has 2 aliphatic rings. The third-order valence-corrected chi connectivity index (χ3v) is 12.9. The quantitative estimate of drug-likeness (QED) is 0.110. The van der Waals surface area contributed by atoms with Crippen molar-refractivity contribution >= 4 is 31.5 Å². The molecule has 0 radical (unpaired) electrons. The number of hydrogen-bond acceptors (Lipinski definition) is 12. The van der Waals surface area contributed by atoms with Gasteiger partial charge in [-0.3, -0.25) is 29.0 Å². The summed E-state index contributed by atoms with van der Waals surface area (Å²) in [5.74, 6) is -1.42. The lowest BCUT2D eigenvalue weighted by atomic mass is 9.89. The van der Waals surface area contributed by atoms with Gasteiger partial charge in [0.15, 0.2) is 6.29 Å². The van der Waals surface area contributed by atoms with Crippen molar-refractivity contribution in [3.8, 4) is 5.75 Å². The van der Waals surface area contributed by atoms with Crippen LogP contribution in [0.5, 0.6) is 5.75 Å². The van der Waals surface area contributed by atoms with Crippen molar-refractivity contribution in [1.29, 1.82) is 0 Å². The number of nitrogens with zero attached hydrogens (tertiary/aromatic N) is 3. The third-order valence-electron chi connectivity index (χ3n) is 11.9. The first-order chi connectivity index (χ1) is 28.8. The van der Waals surface area contributed by atoms with Gasteiger partial charge in [0.2, 0.25) is 23.6 Å². The Labute approximate surface area is 363 Å².